The van der Waals surface area contributed by atoms with E-state index in [4.69, 9.17) is 20.8 Å². The molecule has 6 nitrogen and oxygen atoms in total. The number of halogens is 1. The minimum absolute atomic E-state index is 0.322. The first kappa shape index (κ1) is 16.0. The van der Waals surface area contributed by atoms with E-state index in [-0.39, 0.29) is 0 Å². The van der Waals surface area contributed by atoms with Crippen LogP contribution < -0.4 is 5.32 Å². The molecule has 1 heterocycles. The van der Waals surface area contributed by atoms with Crippen molar-refractivity contribution >= 4 is 23.3 Å². The summed E-state index contributed by atoms with van der Waals surface area (Å²) in [5.74, 6) is 0.381. The maximum Gasteiger partial charge on any atom is 0.337 e. The van der Waals surface area contributed by atoms with Crippen LogP contribution in [0.2, 0.25) is 5.02 Å². The Morgan fingerprint density at radius 1 is 1.21 bits per heavy atom. The highest BCUT2D eigenvalue weighted by atomic mass is 35.5. The highest BCUT2D eigenvalue weighted by molar-refractivity contribution is 6.33. The van der Waals surface area contributed by atoms with Gasteiger partial charge in [-0.1, -0.05) is 29.8 Å². The lowest BCUT2D eigenvalue weighted by Gasteiger charge is -2.05. The second kappa shape index (κ2) is 7.14. The zero-order valence-electron chi connectivity index (χ0n) is 12.8. The minimum Gasteiger partial charge on any atom is -0.465 e. The van der Waals surface area contributed by atoms with E-state index in [1.807, 2.05) is 24.3 Å². The van der Waals surface area contributed by atoms with Gasteiger partial charge in [-0.15, -0.1) is 10.2 Å². The summed E-state index contributed by atoms with van der Waals surface area (Å²) in [4.78, 5) is 11.5. The molecule has 0 atom stereocenters. The fraction of sp³-hybridized carbons (Fsp3) is 0.118. The van der Waals surface area contributed by atoms with Crippen LogP contribution in [-0.2, 0) is 11.3 Å². The molecule has 7 heteroatoms. The summed E-state index contributed by atoms with van der Waals surface area (Å²) in [5.41, 5.74) is 1.89. The number of hydrogen-bond acceptors (Lipinski definition) is 6. The Kier molecular flexibility index (Phi) is 4.77. The first-order chi connectivity index (χ1) is 11.7. The van der Waals surface area contributed by atoms with Gasteiger partial charge in [-0.3, -0.25) is 0 Å². The number of rotatable bonds is 5. The van der Waals surface area contributed by atoms with Gasteiger partial charge in [0, 0.05) is 5.69 Å². The zero-order chi connectivity index (χ0) is 16.9. The van der Waals surface area contributed by atoms with Crippen molar-refractivity contribution in [2.24, 2.45) is 0 Å². The zero-order valence-corrected chi connectivity index (χ0v) is 13.6. The van der Waals surface area contributed by atoms with Crippen LogP contribution in [0.4, 0.5) is 5.69 Å². The number of carbonyl (C=O) groups excluding carboxylic acids is 1. The Morgan fingerprint density at radius 2 is 2.04 bits per heavy atom. The van der Waals surface area contributed by atoms with Gasteiger partial charge in [0.15, 0.2) is 0 Å². The molecule has 2 aromatic carbocycles. The lowest BCUT2D eigenvalue weighted by Crippen LogP contribution is -2.04. The van der Waals surface area contributed by atoms with E-state index in [2.05, 4.69) is 15.5 Å². The average Bonchev–Trinajstić information content (AvgIpc) is 3.08. The van der Waals surface area contributed by atoms with E-state index in [0.717, 1.165) is 5.69 Å². The van der Waals surface area contributed by atoms with E-state index < -0.39 is 5.97 Å². The molecule has 0 aliphatic rings. The number of aromatic nitrogens is 2. The molecule has 24 heavy (non-hydrogen) atoms. The number of hydrogen-bond donors (Lipinski definition) is 1. The molecule has 3 rings (SSSR count). The fourth-order valence-corrected chi connectivity index (χ4v) is 2.34. The molecule has 1 N–H and O–H groups in total. The number of methoxy groups -OCH3 is 1. The van der Waals surface area contributed by atoms with Crippen LogP contribution in [0, 0.1) is 0 Å². The van der Waals surface area contributed by atoms with Gasteiger partial charge in [0.25, 0.3) is 0 Å². The van der Waals surface area contributed by atoms with Gasteiger partial charge in [0.05, 0.1) is 29.8 Å². The van der Waals surface area contributed by atoms with Gasteiger partial charge in [0.2, 0.25) is 11.8 Å². The Balaban J connectivity index is 1.70. The summed E-state index contributed by atoms with van der Waals surface area (Å²) in [6.07, 6.45) is 0. The van der Waals surface area contributed by atoms with Crippen LogP contribution in [-0.4, -0.2) is 23.3 Å². The second-order valence-corrected chi connectivity index (χ2v) is 5.31. The third-order valence-electron chi connectivity index (χ3n) is 3.30. The van der Waals surface area contributed by atoms with Crippen molar-refractivity contribution in [2.45, 2.75) is 6.54 Å². The van der Waals surface area contributed by atoms with E-state index in [1.54, 1.807) is 24.3 Å². The van der Waals surface area contributed by atoms with Crippen molar-refractivity contribution in [1.29, 1.82) is 0 Å². The standard InChI is InChI=1S/C17H14ClN3O3/c1-23-17(22)11-5-4-6-12(9-11)19-10-15-20-21-16(24-15)13-7-2-3-8-14(13)18/h2-9,19H,10H2,1H3. The first-order valence-electron chi connectivity index (χ1n) is 7.17. The van der Waals surface area contributed by atoms with Crippen LogP contribution >= 0.6 is 11.6 Å². The van der Waals surface area contributed by atoms with Crippen molar-refractivity contribution in [1.82, 2.24) is 10.2 Å². The van der Waals surface area contributed by atoms with Gasteiger partial charge < -0.3 is 14.5 Å². The Morgan fingerprint density at radius 3 is 2.83 bits per heavy atom. The Hall–Kier alpha value is -2.86. The van der Waals surface area contributed by atoms with Gasteiger partial charge in [-0.25, -0.2) is 4.79 Å². The average molecular weight is 344 g/mol. The molecule has 0 aliphatic carbocycles. The highest BCUT2D eigenvalue weighted by Gasteiger charge is 2.11. The summed E-state index contributed by atoms with van der Waals surface area (Å²) in [6.45, 7) is 0.322. The summed E-state index contributed by atoms with van der Waals surface area (Å²) < 4.78 is 10.3. The maximum absolute atomic E-state index is 11.5. The van der Waals surface area contributed by atoms with Crippen molar-refractivity contribution in [3.63, 3.8) is 0 Å². The molecule has 0 amide bonds. The summed E-state index contributed by atoms with van der Waals surface area (Å²) in [7, 11) is 1.34. The molecular weight excluding hydrogens is 330 g/mol. The van der Waals surface area contributed by atoms with E-state index in [1.165, 1.54) is 7.11 Å². The third-order valence-corrected chi connectivity index (χ3v) is 3.63. The fourth-order valence-electron chi connectivity index (χ4n) is 2.12. The molecule has 0 unspecified atom stereocenters. The molecule has 0 bridgehead atoms. The molecule has 3 aromatic rings. The smallest absolute Gasteiger partial charge is 0.337 e. The van der Waals surface area contributed by atoms with Gasteiger partial charge >= 0.3 is 5.97 Å². The molecule has 0 saturated carbocycles. The van der Waals surface area contributed by atoms with Gasteiger partial charge in [-0.05, 0) is 30.3 Å². The van der Waals surface area contributed by atoms with Crippen molar-refractivity contribution in [3.05, 3.63) is 65.0 Å². The van der Waals surface area contributed by atoms with Crippen molar-refractivity contribution < 1.29 is 13.9 Å². The van der Waals surface area contributed by atoms with Crippen LogP contribution in [0.3, 0.4) is 0 Å². The second-order valence-electron chi connectivity index (χ2n) is 4.91. The van der Waals surface area contributed by atoms with E-state index in [9.17, 15) is 4.79 Å². The summed E-state index contributed by atoms with van der Waals surface area (Å²) in [6, 6.07) is 14.2. The lowest BCUT2D eigenvalue weighted by molar-refractivity contribution is 0.0601. The molecule has 0 spiro atoms. The number of anilines is 1. The number of carbonyl (C=O) groups is 1. The molecule has 1 aromatic heterocycles. The minimum atomic E-state index is -0.391. The molecule has 122 valence electrons. The van der Waals surface area contributed by atoms with Crippen molar-refractivity contribution in [2.75, 3.05) is 12.4 Å². The highest BCUT2D eigenvalue weighted by Crippen LogP contribution is 2.26. The predicted octanol–water partition coefficient (Wildman–Crippen LogP) is 3.79. The van der Waals surface area contributed by atoms with Crippen LogP contribution in [0.15, 0.2) is 52.9 Å². The van der Waals surface area contributed by atoms with E-state index >= 15 is 0 Å². The monoisotopic (exact) mass is 343 g/mol. The predicted molar refractivity (Wildman–Crippen MR) is 89.9 cm³/mol. The number of nitrogens with zero attached hydrogens (tertiary/aromatic N) is 2. The molecular formula is C17H14ClN3O3. The largest absolute Gasteiger partial charge is 0.465 e. The van der Waals surface area contributed by atoms with Gasteiger partial charge in [0.1, 0.15) is 0 Å². The van der Waals surface area contributed by atoms with Crippen LogP contribution in [0.1, 0.15) is 16.2 Å². The molecule has 0 saturated heterocycles. The maximum atomic E-state index is 11.5. The molecule has 0 aliphatic heterocycles. The first-order valence-corrected chi connectivity index (χ1v) is 7.54. The molecule has 0 fully saturated rings. The number of ether oxygens (including phenoxy) is 1. The summed E-state index contributed by atoms with van der Waals surface area (Å²) in [5, 5.41) is 11.7. The SMILES string of the molecule is COC(=O)c1cccc(NCc2nnc(-c3ccccc3Cl)o2)c1. The van der Waals surface area contributed by atoms with Crippen molar-refractivity contribution in [3.8, 4) is 11.5 Å². The van der Waals surface area contributed by atoms with Crippen LogP contribution in [0.25, 0.3) is 11.5 Å². The quantitative estimate of drug-likeness (QED) is 0.710. The molecule has 0 radical (unpaired) electrons. The Bertz CT molecular complexity index is 864. The van der Waals surface area contributed by atoms with E-state index in [0.29, 0.717) is 34.5 Å². The number of benzene rings is 2. The number of nitrogens with one attached hydrogen (secondary N) is 1. The summed E-state index contributed by atoms with van der Waals surface area (Å²) >= 11 is 6.11. The van der Waals surface area contributed by atoms with Gasteiger partial charge in [-0.2, -0.15) is 0 Å². The third kappa shape index (κ3) is 3.55. The lowest BCUT2D eigenvalue weighted by atomic mass is 10.2. The Labute approximate surface area is 143 Å². The number of esters is 1. The normalized spacial score (nSPS) is 10.4. The van der Waals surface area contributed by atoms with Crippen LogP contribution in [0.5, 0.6) is 0 Å². The topological polar surface area (TPSA) is 77.2 Å².